The molecule has 1 rings (SSSR count). The molecule has 0 aliphatic carbocycles. The maximum Gasteiger partial charge on any atom is 0.0587 e. The molecule has 0 saturated heterocycles. The first-order chi connectivity index (χ1) is 7.86. The van der Waals surface area contributed by atoms with Gasteiger partial charge in [0.25, 0.3) is 0 Å². The van der Waals surface area contributed by atoms with Gasteiger partial charge in [-0.1, -0.05) is 31.2 Å². The van der Waals surface area contributed by atoms with Crippen molar-refractivity contribution in [3.8, 4) is 0 Å². The molecule has 0 atom stereocenters. The Morgan fingerprint density at radius 2 is 2.00 bits per heavy atom. The molecular formula is C14H23NO. The lowest BCUT2D eigenvalue weighted by Crippen LogP contribution is -2.20. The molecular weight excluding hydrogens is 198 g/mol. The summed E-state index contributed by atoms with van der Waals surface area (Å²) >= 11 is 0. The molecule has 90 valence electrons. The number of ether oxygens (including phenoxy) is 1. The van der Waals surface area contributed by atoms with Crippen LogP contribution in [0.4, 0.5) is 0 Å². The van der Waals surface area contributed by atoms with Crippen molar-refractivity contribution in [2.45, 2.75) is 26.2 Å². The molecule has 0 aliphatic rings. The highest BCUT2D eigenvalue weighted by Crippen LogP contribution is 2.07. The van der Waals surface area contributed by atoms with Crippen LogP contribution in [0.15, 0.2) is 24.3 Å². The molecule has 0 aromatic heterocycles. The van der Waals surface area contributed by atoms with Crippen LogP contribution in [0.25, 0.3) is 0 Å². The lowest BCUT2D eigenvalue weighted by Gasteiger charge is -2.05. The van der Waals surface area contributed by atoms with Crippen LogP contribution in [0.2, 0.25) is 0 Å². The van der Waals surface area contributed by atoms with Gasteiger partial charge in [0.2, 0.25) is 0 Å². The average molecular weight is 221 g/mol. The SMILES string of the molecule is CCc1cccc(CCCNCCOC)c1. The summed E-state index contributed by atoms with van der Waals surface area (Å²) < 4.78 is 4.97. The maximum atomic E-state index is 4.97. The number of benzene rings is 1. The van der Waals surface area contributed by atoms with Crippen molar-refractivity contribution in [3.63, 3.8) is 0 Å². The van der Waals surface area contributed by atoms with Crippen LogP contribution in [0, 0.1) is 0 Å². The Hall–Kier alpha value is -0.860. The summed E-state index contributed by atoms with van der Waals surface area (Å²) in [6.45, 7) is 5.02. The summed E-state index contributed by atoms with van der Waals surface area (Å²) in [6.07, 6.45) is 3.48. The van der Waals surface area contributed by atoms with Crippen molar-refractivity contribution in [1.82, 2.24) is 5.32 Å². The Labute approximate surface area is 99.0 Å². The van der Waals surface area contributed by atoms with Gasteiger partial charge < -0.3 is 10.1 Å². The second-order valence-electron chi connectivity index (χ2n) is 4.02. The Morgan fingerprint density at radius 3 is 2.75 bits per heavy atom. The first-order valence-corrected chi connectivity index (χ1v) is 6.14. The van der Waals surface area contributed by atoms with Crippen molar-refractivity contribution in [2.24, 2.45) is 0 Å². The Bertz CT molecular complexity index is 286. The fourth-order valence-electron chi connectivity index (χ4n) is 1.72. The first-order valence-electron chi connectivity index (χ1n) is 6.14. The minimum absolute atomic E-state index is 0.797. The zero-order chi connectivity index (χ0) is 11.6. The van der Waals surface area contributed by atoms with Crippen LogP contribution in [0.1, 0.15) is 24.5 Å². The fraction of sp³-hybridized carbons (Fsp3) is 0.571. The minimum atomic E-state index is 0.797. The molecule has 1 N–H and O–H groups in total. The molecule has 0 bridgehead atoms. The van der Waals surface area contributed by atoms with Gasteiger partial charge in [0.15, 0.2) is 0 Å². The molecule has 0 amide bonds. The van der Waals surface area contributed by atoms with E-state index in [2.05, 4.69) is 36.5 Å². The maximum absolute atomic E-state index is 4.97. The summed E-state index contributed by atoms with van der Waals surface area (Å²) in [4.78, 5) is 0. The van der Waals surface area contributed by atoms with Crippen LogP contribution in [0.5, 0.6) is 0 Å². The third-order valence-electron chi connectivity index (χ3n) is 2.70. The number of methoxy groups -OCH3 is 1. The van der Waals surface area contributed by atoms with Crippen LogP contribution in [0.3, 0.4) is 0 Å². The average Bonchev–Trinajstić information content (AvgIpc) is 2.34. The quantitative estimate of drug-likeness (QED) is 0.681. The lowest BCUT2D eigenvalue weighted by molar-refractivity contribution is 0.199. The van der Waals surface area contributed by atoms with Gasteiger partial charge in [0, 0.05) is 13.7 Å². The van der Waals surface area contributed by atoms with E-state index in [9.17, 15) is 0 Å². The molecule has 0 spiro atoms. The second-order valence-corrected chi connectivity index (χ2v) is 4.02. The molecule has 1 aromatic rings. The summed E-state index contributed by atoms with van der Waals surface area (Å²) in [5.74, 6) is 0. The highest BCUT2D eigenvalue weighted by atomic mass is 16.5. The van der Waals surface area contributed by atoms with Gasteiger partial charge in [-0.15, -0.1) is 0 Å². The van der Waals surface area contributed by atoms with Crippen LogP contribution in [-0.4, -0.2) is 26.8 Å². The second kappa shape index (κ2) is 8.31. The molecule has 0 fully saturated rings. The summed E-state index contributed by atoms with van der Waals surface area (Å²) in [5.41, 5.74) is 2.89. The van der Waals surface area contributed by atoms with E-state index < -0.39 is 0 Å². The Balaban J connectivity index is 2.16. The molecule has 0 saturated carbocycles. The van der Waals surface area contributed by atoms with E-state index in [4.69, 9.17) is 4.74 Å². The van der Waals surface area contributed by atoms with E-state index >= 15 is 0 Å². The van der Waals surface area contributed by atoms with Gasteiger partial charge in [-0.25, -0.2) is 0 Å². The third-order valence-corrected chi connectivity index (χ3v) is 2.70. The van der Waals surface area contributed by atoms with E-state index in [0.717, 1.165) is 32.5 Å². The largest absolute Gasteiger partial charge is 0.383 e. The van der Waals surface area contributed by atoms with Crippen LogP contribution in [-0.2, 0) is 17.6 Å². The lowest BCUT2D eigenvalue weighted by atomic mass is 10.1. The zero-order valence-corrected chi connectivity index (χ0v) is 10.5. The molecule has 0 aliphatic heterocycles. The van der Waals surface area contributed by atoms with Crippen molar-refractivity contribution in [1.29, 1.82) is 0 Å². The molecule has 16 heavy (non-hydrogen) atoms. The first kappa shape index (κ1) is 13.2. The van der Waals surface area contributed by atoms with E-state index in [1.54, 1.807) is 7.11 Å². The Morgan fingerprint density at radius 1 is 1.19 bits per heavy atom. The smallest absolute Gasteiger partial charge is 0.0587 e. The number of nitrogens with one attached hydrogen (secondary N) is 1. The van der Waals surface area contributed by atoms with E-state index in [-0.39, 0.29) is 0 Å². The standard InChI is InChI=1S/C14H23NO/c1-3-13-6-4-7-14(12-13)8-5-9-15-10-11-16-2/h4,6-7,12,15H,3,5,8-11H2,1-2H3. The highest BCUT2D eigenvalue weighted by Gasteiger charge is 1.95. The molecule has 2 heteroatoms. The number of aryl methyl sites for hydroxylation is 2. The monoisotopic (exact) mass is 221 g/mol. The van der Waals surface area contributed by atoms with Crippen molar-refractivity contribution >= 4 is 0 Å². The predicted octanol–water partition coefficient (Wildman–Crippen LogP) is 2.42. The fourth-order valence-corrected chi connectivity index (χ4v) is 1.72. The topological polar surface area (TPSA) is 21.3 Å². The molecule has 0 unspecified atom stereocenters. The van der Waals surface area contributed by atoms with Gasteiger partial charge >= 0.3 is 0 Å². The van der Waals surface area contributed by atoms with E-state index in [1.807, 2.05) is 0 Å². The summed E-state index contributed by atoms with van der Waals surface area (Å²) in [6, 6.07) is 8.89. The van der Waals surface area contributed by atoms with E-state index in [1.165, 1.54) is 17.5 Å². The number of hydrogen-bond acceptors (Lipinski definition) is 2. The van der Waals surface area contributed by atoms with Crippen molar-refractivity contribution in [2.75, 3.05) is 26.8 Å². The zero-order valence-electron chi connectivity index (χ0n) is 10.5. The molecule has 2 nitrogen and oxygen atoms in total. The minimum Gasteiger partial charge on any atom is -0.383 e. The van der Waals surface area contributed by atoms with Gasteiger partial charge in [0.05, 0.1) is 6.61 Å². The number of hydrogen-bond donors (Lipinski definition) is 1. The summed E-state index contributed by atoms with van der Waals surface area (Å²) in [5, 5.41) is 3.36. The normalized spacial score (nSPS) is 10.6. The number of rotatable bonds is 8. The molecule has 1 aromatic carbocycles. The van der Waals surface area contributed by atoms with E-state index in [0.29, 0.717) is 0 Å². The van der Waals surface area contributed by atoms with Gasteiger partial charge in [-0.05, 0) is 36.9 Å². The molecule has 0 heterocycles. The highest BCUT2D eigenvalue weighted by molar-refractivity contribution is 5.23. The van der Waals surface area contributed by atoms with Gasteiger partial charge in [0.1, 0.15) is 0 Å². The predicted molar refractivity (Wildman–Crippen MR) is 68.9 cm³/mol. The van der Waals surface area contributed by atoms with Crippen LogP contribution < -0.4 is 5.32 Å². The van der Waals surface area contributed by atoms with Crippen molar-refractivity contribution < 1.29 is 4.74 Å². The summed E-state index contributed by atoms with van der Waals surface area (Å²) in [7, 11) is 1.73. The third kappa shape index (κ3) is 5.29. The molecule has 0 radical (unpaired) electrons. The van der Waals surface area contributed by atoms with Crippen LogP contribution >= 0.6 is 0 Å². The van der Waals surface area contributed by atoms with Gasteiger partial charge in [-0.3, -0.25) is 0 Å². The van der Waals surface area contributed by atoms with Gasteiger partial charge in [-0.2, -0.15) is 0 Å². The Kier molecular flexibility index (Phi) is 6.86. The van der Waals surface area contributed by atoms with Crippen molar-refractivity contribution in [3.05, 3.63) is 35.4 Å².